The predicted octanol–water partition coefficient (Wildman–Crippen LogP) is 3.90. The van der Waals surface area contributed by atoms with Crippen molar-refractivity contribution in [1.29, 1.82) is 0 Å². The number of nitrogens with zero attached hydrogens (tertiary/aromatic N) is 1. The molecule has 1 heterocycles. The van der Waals surface area contributed by atoms with Crippen molar-refractivity contribution in [1.82, 2.24) is 9.88 Å². The van der Waals surface area contributed by atoms with Crippen molar-refractivity contribution >= 4 is 16.8 Å². The average Bonchev–Trinajstić information content (AvgIpc) is 2.69. The molecular formula is C22H24N2O3. The number of aromatic nitrogens is 1. The van der Waals surface area contributed by atoms with E-state index in [0.717, 1.165) is 28.8 Å². The van der Waals surface area contributed by atoms with E-state index in [1.54, 1.807) is 18.1 Å². The van der Waals surface area contributed by atoms with E-state index in [1.165, 1.54) is 6.20 Å². The summed E-state index contributed by atoms with van der Waals surface area (Å²) in [5.41, 5.74) is 2.69. The fourth-order valence-electron chi connectivity index (χ4n) is 3.21. The van der Waals surface area contributed by atoms with Gasteiger partial charge in [0, 0.05) is 24.7 Å². The number of pyridine rings is 1. The van der Waals surface area contributed by atoms with Gasteiger partial charge in [-0.1, -0.05) is 31.2 Å². The van der Waals surface area contributed by atoms with Gasteiger partial charge in [-0.15, -0.1) is 0 Å². The highest BCUT2D eigenvalue weighted by molar-refractivity contribution is 5.97. The summed E-state index contributed by atoms with van der Waals surface area (Å²) in [6.07, 6.45) is 2.35. The summed E-state index contributed by atoms with van der Waals surface area (Å²) in [6, 6.07) is 13.1. The highest BCUT2D eigenvalue weighted by atomic mass is 16.5. The number of aryl methyl sites for hydroxylation is 1. The summed E-state index contributed by atoms with van der Waals surface area (Å²) in [6.45, 7) is 4.98. The number of fused-ring (bicyclic) bond motifs is 1. The molecule has 3 rings (SSSR count). The number of ether oxygens (including phenoxy) is 1. The highest BCUT2D eigenvalue weighted by Gasteiger charge is 2.20. The molecule has 2 aromatic carbocycles. The van der Waals surface area contributed by atoms with Gasteiger partial charge in [0.2, 0.25) is 5.43 Å². The molecule has 0 radical (unpaired) electrons. The van der Waals surface area contributed by atoms with Gasteiger partial charge in [-0.25, -0.2) is 0 Å². The van der Waals surface area contributed by atoms with Crippen LogP contribution in [0.1, 0.15) is 34.8 Å². The Morgan fingerprint density at radius 1 is 1.15 bits per heavy atom. The lowest BCUT2D eigenvalue weighted by molar-refractivity contribution is 0.0741. The second-order valence-corrected chi connectivity index (χ2v) is 6.60. The van der Waals surface area contributed by atoms with Crippen LogP contribution in [-0.4, -0.2) is 29.4 Å². The molecule has 0 saturated carbocycles. The lowest BCUT2D eigenvalue weighted by Gasteiger charge is -2.22. The number of hydrogen-bond acceptors (Lipinski definition) is 3. The molecule has 0 spiro atoms. The van der Waals surface area contributed by atoms with Crippen molar-refractivity contribution in [2.75, 3.05) is 13.7 Å². The monoisotopic (exact) mass is 364 g/mol. The van der Waals surface area contributed by atoms with Crippen molar-refractivity contribution in [3.8, 4) is 5.75 Å². The quantitative estimate of drug-likeness (QED) is 0.722. The molecule has 3 aromatic rings. The van der Waals surface area contributed by atoms with Gasteiger partial charge in [0.25, 0.3) is 5.91 Å². The van der Waals surface area contributed by atoms with E-state index in [9.17, 15) is 9.59 Å². The minimum Gasteiger partial charge on any atom is -0.497 e. The number of aromatic amines is 1. The largest absolute Gasteiger partial charge is 0.497 e. The minimum atomic E-state index is -0.252. The topological polar surface area (TPSA) is 62.4 Å². The second kappa shape index (κ2) is 8.08. The van der Waals surface area contributed by atoms with Crippen LogP contribution < -0.4 is 10.2 Å². The van der Waals surface area contributed by atoms with Gasteiger partial charge in [-0.05, 0) is 42.7 Å². The van der Waals surface area contributed by atoms with Crippen LogP contribution in [0.5, 0.6) is 5.75 Å². The molecule has 0 atom stereocenters. The number of nitrogens with one attached hydrogen (secondary N) is 1. The number of benzene rings is 2. The van der Waals surface area contributed by atoms with Gasteiger partial charge < -0.3 is 14.6 Å². The van der Waals surface area contributed by atoms with Crippen LogP contribution in [0, 0.1) is 6.92 Å². The summed E-state index contributed by atoms with van der Waals surface area (Å²) in [4.78, 5) is 30.8. The zero-order chi connectivity index (χ0) is 19.4. The number of carbonyl (C=O) groups is 1. The van der Waals surface area contributed by atoms with Gasteiger partial charge in [-0.2, -0.15) is 0 Å². The molecule has 0 aliphatic rings. The Morgan fingerprint density at radius 3 is 2.56 bits per heavy atom. The number of rotatable bonds is 6. The van der Waals surface area contributed by atoms with E-state index in [2.05, 4.69) is 4.98 Å². The van der Waals surface area contributed by atoms with E-state index in [0.29, 0.717) is 18.5 Å². The summed E-state index contributed by atoms with van der Waals surface area (Å²) < 4.78 is 5.18. The zero-order valence-electron chi connectivity index (χ0n) is 15.9. The summed E-state index contributed by atoms with van der Waals surface area (Å²) in [5, 5.41) is 0.543. The van der Waals surface area contributed by atoms with E-state index in [-0.39, 0.29) is 16.9 Å². The highest BCUT2D eigenvalue weighted by Crippen LogP contribution is 2.16. The number of carbonyl (C=O) groups excluding carboxylic acids is 1. The third kappa shape index (κ3) is 3.87. The van der Waals surface area contributed by atoms with E-state index in [4.69, 9.17) is 4.74 Å². The molecule has 140 valence electrons. The Balaban J connectivity index is 1.93. The van der Waals surface area contributed by atoms with Crippen LogP contribution in [0.25, 0.3) is 10.9 Å². The van der Waals surface area contributed by atoms with Crippen LogP contribution in [0.2, 0.25) is 0 Å². The maximum Gasteiger partial charge on any atom is 0.259 e. The van der Waals surface area contributed by atoms with Gasteiger partial charge in [0.1, 0.15) is 11.3 Å². The Hall–Kier alpha value is -3.08. The van der Waals surface area contributed by atoms with E-state index < -0.39 is 0 Å². The fourth-order valence-corrected chi connectivity index (χ4v) is 3.21. The van der Waals surface area contributed by atoms with Crippen LogP contribution in [0.4, 0.5) is 0 Å². The summed E-state index contributed by atoms with van der Waals surface area (Å²) in [5.74, 6) is 0.519. The predicted molar refractivity (Wildman–Crippen MR) is 107 cm³/mol. The SMILES string of the molecule is CCCN(Cc1ccc(OC)cc1)C(=O)c1c[nH]c2c(C)cccc2c1=O. The van der Waals surface area contributed by atoms with Crippen molar-refractivity contribution in [2.24, 2.45) is 0 Å². The molecule has 0 aliphatic carbocycles. The zero-order valence-corrected chi connectivity index (χ0v) is 15.9. The normalized spacial score (nSPS) is 10.8. The van der Waals surface area contributed by atoms with Crippen molar-refractivity contribution in [2.45, 2.75) is 26.8 Å². The molecule has 5 nitrogen and oxygen atoms in total. The maximum atomic E-state index is 13.1. The standard InChI is InChI=1S/C22H24N2O3/c1-4-12-24(14-16-8-10-17(27-3)11-9-16)22(26)19-13-23-20-15(2)6-5-7-18(20)21(19)25/h5-11,13H,4,12,14H2,1-3H3,(H,23,25). The smallest absolute Gasteiger partial charge is 0.259 e. The Morgan fingerprint density at radius 2 is 1.89 bits per heavy atom. The number of amides is 1. The molecular weight excluding hydrogens is 340 g/mol. The van der Waals surface area contributed by atoms with Crippen LogP contribution in [0.3, 0.4) is 0 Å². The van der Waals surface area contributed by atoms with Crippen LogP contribution in [-0.2, 0) is 6.54 Å². The first-order chi connectivity index (χ1) is 13.0. The first-order valence-corrected chi connectivity index (χ1v) is 9.08. The van der Waals surface area contributed by atoms with Crippen LogP contribution >= 0.6 is 0 Å². The summed E-state index contributed by atoms with van der Waals surface area (Å²) in [7, 11) is 1.62. The van der Waals surface area contributed by atoms with Gasteiger partial charge in [0.15, 0.2) is 0 Å². The lowest BCUT2D eigenvalue weighted by atomic mass is 10.1. The molecule has 0 bridgehead atoms. The molecule has 0 saturated heterocycles. The third-order valence-electron chi connectivity index (χ3n) is 4.67. The lowest BCUT2D eigenvalue weighted by Crippen LogP contribution is -2.34. The first kappa shape index (κ1) is 18.7. The van der Waals surface area contributed by atoms with Gasteiger partial charge >= 0.3 is 0 Å². The van der Waals surface area contributed by atoms with Gasteiger partial charge in [-0.3, -0.25) is 9.59 Å². The van der Waals surface area contributed by atoms with Crippen molar-refractivity contribution in [3.63, 3.8) is 0 Å². The third-order valence-corrected chi connectivity index (χ3v) is 4.67. The molecule has 0 aliphatic heterocycles. The molecule has 1 amide bonds. The molecule has 1 aromatic heterocycles. The molecule has 27 heavy (non-hydrogen) atoms. The van der Waals surface area contributed by atoms with E-state index >= 15 is 0 Å². The molecule has 5 heteroatoms. The minimum absolute atomic E-state index is 0.176. The number of hydrogen-bond donors (Lipinski definition) is 1. The van der Waals surface area contributed by atoms with E-state index in [1.807, 2.05) is 50.2 Å². The van der Waals surface area contributed by atoms with Crippen LogP contribution in [0.15, 0.2) is 53.5 Å². The molecule has 0 unspecified atom stereocenters. The van der Waals surface area contributed by atoms with Crippen molar-refractivity contribution in [3.05, 3.63) is 75.6 Å². The number of para-hydroxylation sites is 1. The number of H-pyrrole nitrogens is 1. The first-order valence-electron chi connectivity index (χ1n) is 9.08. The molecule has 0 fully saturated rings. The molecule has 1 N–H and O–H groups in total. The maximum absolute atomic E-state index is 13.1. The summed E-state index contributed by atoms with van der Waals surface area (Å²) >= 11 is 0. The second-order valence-electron chi connectivity index (χ2n) is 6.60. The average molecular weight is 364 g/mol. The van der Waals surface area contributed by atoms with Gasteiger partial charge in [0.05, 0.1) is 12.6 Å². The fraction of sp³-hybridized carbons (Fsp3) is 0.273. The number of methoxy groups -OCH3 is 1. The Bertz CT molecular complexity index is 1010. The Kier molecular flexibility index (Phi) is 5.60. The van der Waals surface area contributed by atoms with Crippen molar-refractivity contribution < 1.29 is 9.53 Å². The Labute approximate surface area is 158 Å².